The van der Waals surface area contributed by atoms with Crippen molar-refractivity contribution < 1.29 is 18.0 Å². The molecule has 4 rings (SSSR count). The van der Waals surface area contributed by atoms with Crippen molar-refractivity contribution in [3.8, 4) is 0 Å². The van der Waals surface area contributed by atoms with Crippen LogP contribution in [0.4, 0.5) is 18.9 Å². The lowest BCUT2D eigenvalue weighted by molar-refractivity contribution is -0.136. The maximum absolute atomic E-state index is 13.9. The van der Waals surface area contributed by atoms with Crippen molar-refractivity contribution in [3.05, 3.63) is 71.4 Å². The number of para-hydroxylation sites is 2. The van der Waals surface area contributed by atoms with Crippen LogP contribution in [0.3, 0.4) is 0 Å². The van der Waals surface area contributed by atoms with Gasteiger partial charge in [0.2, 0.25) is 0 Å². The Morgan fingerprint density at radius 1 is 1.07 bits per heavy atom. The Hall–Kier alpha value is -3.09. The van der Waals surface area contributed by atoms with Crippen LogP contribution in [0.2, 0.25) is 0 Å². The number of anilines is 1. The van der Waals surface area contributed by atoms with Crippen LogP contribution in [0.25, 0.3) is 10.9 Å². The van der Waals surface area contributed by atoms with E-state index in [-0.39, 0.29) is 17.4 Å². The maximum atomic E-state index is 13.9. The van der Waals surface area contributed by atoms with E-state index in [0.717, 1.165) is 43.4 Å². The Bertz CT molecular complexity index is 1070. The lowest BCUT2D eigenvalue weighted by Gasteiger charge is -2.25. The second kappa shape index (κ2) is 7.97. The molecule has 30 heavy (non-hydrogen) atoms. The average Bonchev–Trinajstić information content (AvgIpc) is 3.26. The van der Waals surface area contributed by atoms with Gasteiger partial charge in [0.25, 0.3) is 5.91 Å². The predicted octanol–water partition coefficient (Wildman–Crippen LogP) is 5.13. The Morgan fingerprint density at radius 3 is 2.47 bits per heavy atom. The van der Waals surface area contributed by atoms with Crippen molar-refractivity contribution in [1.82, 2.24) is 9.88 Å². The van der Waals surface area contributed by atoms with Crippen molar-refractivity contribution in [3.63, 3.8) is 0 Å². The van der Waals surface area contributed by atoms with E-state index in [1.165, 1.54) is 30.1 Å². The third-order valence-electron chi connectivity index (χ3n) is 5.48. The van der Waals surface area contributed by atoms with Gasteiger partial charge >= 0.3 is 6.18 Å². The largest absolute Gasteiger partial charge is 0.417 e. The molecule has 1 aliphatic rings. The number of aromatic nitrogens is 1. The van der Waals surface area contributed by atoms with Gasteiger partial charge < -0.3 is 9.80 Å². The van der Waals surface area contributed by atoms with Gasteiger partial charge in [0.1, 0.15) is 0 Å². The van der Waals surface area contributed by atoms with Crippen molar-refractivity contribution in [2.24, 2.45) is 0 Å². The minimum absolute atomic E-state index is 0.0679. The number of amides is 1. The summed E-state index contributed by atoms with van der Waals surface area (Å²) < 4.78 is 41.7. The van der Waals surface area contributed by atoms with Gasteiger partial charge in [-0.15, -0.1) is 0 Å². The van der Waals surface area contributed by atoms with E-state index >= 15 is 0 Å². The summed E-state index contributed by atoms with van der Waals surface area (Å²) in [5.74, 6) is -0.697. The van der Waals surface area contributed by atoms with Crippen LogP contribution in [-0.4, -0.2) is 35.9 Å². The molecule has 3 aromatic rings. The highest BCUT2D eigenvalue weighted by Crippen LogP contribution is 2.37. The first-order valence-electron chi connectivity index (χ1n) is 9.89. The molecule has 2 aromatic carbocycles. The van der Waals surface area contributed by atoms with Crippen molar-refractivity contribution in [1.29, 1.82) is 0 Å². The number of pyridine rings is 1. The van der Waals surface area contributed by atoms with Crippen LogP contribution in [0.15, 0.2) is 54.7 Å². The quantitative estimate of drug-likeness (QED) is 0.595. The van der Waals surface area contributed by atoms with Crippen molar-refractivity contribution in [2.45, 2.75) is 25.6 Å². The molecule has 0 atom stereocenters. The topological polar surface area (TPSA) is 36.4 Å². The molecule has 1 saturated heterocycles. The molecule has 0 saturated carbocycles. The molecule has 2 heterocycles. The standard InChI is InChI=1S/C23H22F3N3O/c1-28(15-16-8-2-5-11-20(16)29-12-6-7-13-29)22(30)18-14-27-19-10-4-3-9-17(19)21(18)23(24,25)26/h2-5,8-11,14H,6-7,12-13,15H2,1H3. The van der Waals surface area contributed by atoms with Gasteiger partial charge in [-0.25, -0.2) is 0 Å². The summed E-state index contributed by atoms with van der Waals surface area (Å²) in [6, 6.07) is 13.7. The molecule has 0 N–H and O–H groups in total. The third-order valence-corrected chi connectivity index (χ3v) is 5.48. The molecular weight excluding hydrogens is 391 g/mol. The van der Waals surface area contributed by atoms with Crippen molar-refractivity contribution in [2.75, 3.05) is 25.0 Å². The monoisotopic (exact) mass is 413 g/mol. The van der Waals surface area contributed by atoms with E-state index in [1.54, 1.807) is 6.07 Å². The number of carbonyl (C=O) groups excluding carboxylic acids is 1. The molecule has 0 spiro atoms. The van der Waals surface area contributed by atoms with E-state index in [4.69, 9.17) is 0 Å². The van der Waals surface area contributed by atoms with E-state index in [9.17, 15) is 18.0 Å². The number of alkyl halides is 3. The zero-order valence-electron chi connectivity index (χ0n) is 16.6. The van der Waals surface area contributed by atoms with E-state index in [0.29, 0.717) is 0 Å². The van der Waals surface area contributed by atoms with Crippen LogP contribution in [0.5, 0.6) is 0 Å². The van der Waals surface area contributed by atoms with Crippen LogP contribution in [0.1, 0.15) is 34.3 Å². The minimum Gasteiger partial charge on any atom is -0.371 e. The molecule has 1 aliphatic heterocycles. The Kier molecular flexibility index (Phi) is 5.37. The average molecular weight is 413 g/mol. The summed E-state index contributed by atoms with van der Waals surface area (Å²) in [7, 11) is 1.53. The van der Waals surface area contributed by atoms with E-state index < -0.39 is 23.2 Å². The van der Waals surface area contributed by atoms with Gasteiger partial charge in [0.15, 0.2) is 0 Å². The van der Waals surface area contributed by atoms with Gasteiger partial charge in [0.05, 0.1) is 16.6 Å². The first-order chi connectivity index (χ1) is 14.4. The molecule has 156 valence electrons. The fourth-order valence-corrected chi connectivity index (χ4v) is 4.05. The lowest BCUT2D eigenvalue weighted by atomic mass is 10.0. The van der Waals surface area contributed by atoms with Gasteiger partial charge in [-0.2, -0.15) is 13.2 Å². The Balaban J connectivity index is 1.68. The van der Waals surface area contributed by atoms with Crippen molar-refractivity contribution >= 4 is 22.5 Å². The number of fused-ring (bicyclic) bond motifs is 1. The molecule has 0 unspecified atom stereocenters. The Labute approximate surface area is 172 Å². The summed E-state index contributed by atoms with van der Waals surface area (Å²) in [5.41, 5.74) is 0.795. The summed E-state index contributed by atoms with van der Waals surface area (Å²) in [4.78, 5) is 20.7. The number of hydrogen-bond acceptors (Lipinski definition) is 3. The molecule has 7 heteroatoms. The molecular formula is C23H22F3N3O. The minimum atomic E-state index is -4.66. The molecule has 1 aromatic heterocycles. The first kappa shape index (κ1) is 20.2. The summed E-state index contributed by atoms with van der Waals surface area (Å²) in [6.07, 6.45) is -1.40. The molecule has 4 nitrogen and oxygen atoms in total. The number of nitrogens with zero attached hydrogens (tertiary/aromatic N) is 3. The fourth-order valence-electron chi connectivity index (χ4n) is 4.05. The maximum Gasteiger partial charge on any atom is 0.417 e. The number of benzene rings is 2. The zero-order chi connectivity index (χ0) is 21.3. The molecule has 1 fully saturated rings. The van der Waals surface area contributed by atoms with Gasteiger partial charge in [0, 0.05) is 44.0 Å². The van der Waals surface area contributed by atoms with Crippen LogP contribution < -0.4 is 4.90 Å². The van der Waals surface area contributed by atoms with E-state index in [1.807, 2.05) is 24.3 Å². The number of rotatable bonds is 4. The lowest BCUT2D eigenvalue weighted by Crippen LogP contribution is -2.30. The van der Waals surface area contributed by atoms with Gasteiger partial charge in [-0.3, -0.25) is 9.78 Å². The Morgan fingerprint density at radius 2 is 1.73 bits per heavy atom. The van der Waals surface area contributed by atoms with E-state index in [2.05, 4.69) is 9.88 Å². The zero-order valence-corrected chi connectivity index (χ0v) is 16.6. The van der Waals surface area contributed by atoms with Crippen LogP contribution in [-0.2, 0) is 12.7 Å². The highest BCUT2D eigenvalue weighted by molar-refractivity contribution is 6.00. The van der Waals surface area contributed by atoms with Gasteiger partial charge in [-0.05, 0) is 30.5 Å². The predicted molar refractivity (Wildman–Crippen MR) is 110 cm³/mol. The highest BCUT2D eigenvalue weighted by atomic mass is 19.4. The normalized spacial score (nSPS) is 14.3. The molecule has 0 bridgehead atoms. The van der Waals surface area contributed by atoms with Crippen LogP contribution in [0, 0.1) is 0 Å². The third kappa shape index (κ3) is 3.84. The molecule has 0 radical (unpaired) electrons. The summed E-state index contributed by atoms with van der Waals surface area (Å²) >= 11 is 0. The van der Waals surface area contributed by atoms with Crippen LogP contribution >= 0.6 is 0 Å². The number of carbonyl (C=O) groups is 1. The van der Waals surface area contributed by atoms with Gasteiger partial charge in [-0.1, -0.05) is 36.4 Å². The summed E-state index contributed by atoms with van der Waals surface area (Å²) in [6.45, 7) is 2.11. The SMILES string of the molecule is CN(Cc1ccccc1N1CCCC1)C(=O)c1cnc2ccccc2c1C(F)(F)F. The first-order valence-corrected chi connectivity index (χ1v) is 9.89. The second-order valence-corrected chi connectivity index (χ2v) is 7.55. The molecule has 0 aliphatic carbocycles. The fraction of sp³-hybridized carbons (Fsp3) is 0.304. The number of halogens is 3. The number of hydrogen-bond donors (Lipinski definition) is 0. The second-order valence-electron chi connectivity index (χ2n) is 7.55. The smallest absolute Gasteiger partial charge is 0.371 e. The summed E-state index contributed by atoms with van der Waals surface area (Å²) in [5, 5.41) is -0.0679. The molecule has 1 amide bonds. The highest BCUT2D eigenvalue weighted by Gasteiger charge is 2.38.